The molecule has 0 bridgehead atoms. The minimum Gasteiger partial charge on any atom is -0.352 e. The zero-order chi connectivity index (χ0) is 14.5. The lowest BCUT2D eigenvalue weighted by molar-refractivity contribution is -0.127. The third kappa shape index (κ3) is 4.62. The van der Waals surface area contributed by atoms with E-state index in [1.54, 1.807) is 0 Å². The Kier molecular flexibility index (Phi) is 6.01. The van der Waals surface area contributed by atoms with Crippen molar-refractivity contribution in [1.82, 2.24) is 5.32 Å². The predicted molar refractivity (Wildman–Crippen MR) is 83.0 cm³/mol. The zero-order valence-electron chi connectivity index (χ0n) is 11.9. The summed E-state index contributed by atoms with van der Waals surface area (Å²) in [7, 11) is 0. The van der Waals surface area contributed by atoms with Crippen molar-refractivity contribution in [3.63, 3.8) is 0 Å². The number of carbonyl (C=O) groups excluding carboxylic acids is 1. The van der Waals surface area contributed by atoms with Gasteiger partial charge in [-0.2, -0.15) is 0 Å². The van der Waals surface area contributed by atoms with E-state index in [0.717, 1.165) is 10.9 Å². The molecule has 0 saturated heterocycles. The van der Waals surface area contributed by atoms with E-state index in [-0.39, 0.29) is 11.9 Å². The quantitative estimate of drug-likeness (QED) is 0.844. The number of benzene rings is 1. The first-order valence-corrected chi connectivity index (χ1v) is 7.55. The van der Waals surface area contributed by atoms with Crippen LogP contribution in [0.5, 0.6) is 0 Å². The fraction of sp³-hybridized carbons (Fsp3) is 0.533. The summed E-state index contributed by atoms with van der Waals surface area (Å²) in [5, 5.41) is 3.01. The molecule has 0 aliphatic carbocycles. The molecular formula is C15H23BrN2O. The topological polar surface area (TPSA) is 55.1 Å². The molecule has 106 valence electrons. The van der Waals surface area contributed by atoms with Gasteiger partial charge in [0.05, 0.1) is 5.54 Å². The molecule has 0 saturated carbocycles. The van der Waals surface area contributed by atoms with Crippen molar-refractivity contribution in [2.45, 2.75) is 51.6 Å². The van der Waals surface area contributed by atoms with E-state index in [0.29, 0.717) is 12.8 Å². The fourth-order valence-electron chi connectivity index (χ4n) is 1.96. The van der Waals surface area contributed by atoms with Crippen LogP contribution < -0.4 is 11.1 Å². The smallest absolute Gasteiger partial charge is 0.240 e. The Labute approximate surface area is 124 Å². The van der Waals surface area contributed by atoms with E-state index in [9.17, 15) is 4.79 Å². The number of hydrogen-bond donors (Lipinski definition) is 2. The molecule has 3 N–H and O–H groups in total. The summed E-state index contributed by atoms with van der Waals surface area (Å²) in [4.78, 5) is 12.1. The predicted octanol–water partition coefficient (Wildman–Crippen LogP) is 3.01. The monoisotopic (exact) mass is 326 g/mol. The van der Waals surface area contributed by atoms with Gasteiger partial charge in [0.1, 0.15) is 0 Å². The molecule has 0 radical (unpaired) electrons. The van der Waals surface area contributed by atoms with Gasteiger partial charge in [0.2, 0.25) is 5.91 Å². The minimum atomic E-state index is -0.742. The van der Waals surface area contributed by atoms with E-state index < -0.39 is 5.54 Å². The van der Waals surface area contributed by atoms with Crippen LogP contribution in [0.1, 0.15) is 39.2 Å². The molecule has 4 heteroatoms. The summed E-state index contributed by atoms with van der Waals surface area (Å²) in [5.74, 6) is -0.0536. The lowest BCUT2D eigenvalue weighted by Gasteiger charge is -2.27. The Morgan fingerprint density at radius 1 is 1.32 bits per heavy atom. The average Bonchev–Trinajstić information content (AvgIpc) is 2.40. The molecule has 0 aliphatic rings. The molecule has 0 fully saturated rings. The van der Waals surface area contributed by atoms with Gasteiger partial charge in [-0.05, 0) is 43.9 Å². The van der Waals surface area contributed by atoms with Gasteiger partial charge in [-0.3, -0.25) is 4.79 Å². The average molecular weight is 327 g/mol. The van der Waals surface area contributed by atoms with Gasteiger partial charge in [-0.15, -0.1) is 0 Å². The summed E-state index contributed by atoms with van der Waals surface area (Å²) in [6, 6.07) is 8.21. The maximum absolute atomic E-state index is 12.1. The first-order valence-electron chi connectivity index (χ1n) is 6.75. The largest absolute Gasteiger partial charge is 0.352 e. The number of hydrogen-bond acceptors (Lipinski definition) is 2. The molecule has 3 nitrogen and oxygen atoms in total. The van der Waals surface area contributed by atoms with Crippen molar-refractivity contribution in [1.29, 1.82) is 0 Å². The second kappa shape index (κ2) is 7.06. The van der Waals surface area contributed by atoms with Crippen LogP contribution in [0.15, 0.2) is 28.7 Å². The van der Waals surface area contributed by atoms with Crippen LogP contribution in [0.25, 0.3) is 0 Å². The molecule has 1 unspecified atom stereocenters. The molecule has 1 aromatic carbocycles. The Hall–Kier alpha value is -0.870. The van der Waals surface area contributed by atoms with Crippen molar-refractivity contribution < 1.29 is 4.79 Å². The van der Waals surface area contributed by atoms with Gasteiger partial charge in [-0.1, -0.05) is 41.9 Å². The number of nitrogens with two attached hydrogens (primary N) is 1. The molecule has 0 heterocycles. The molecule has 1 rings (SSSR count). The molecule has 1 atom stereocenters. The van der Waals surface area contributed by atoms with Gasteiger partial charge in [-0.25, -0.2) is 0 Å². The first kappa shape index (κ1) is 16.2. The Bertz CT molecular complexity index is 413. The fourth-order valence-corrected chi connectivity index (χ4v) is 2.23. The van der Waals surface area contributed by atoms with Crippen LogP contribution in [-0.2, 0) is 11.2 Å². The third-order valence-electron chi connectivity index (χ3n) is 3.55. The highest BCUT2D eigenvalue weighted by Gasteiger charge is 2.30. The number of amides is 1. The zero-order valence-corrected chi connectivity index (χ0v) is 13.5. The molecule has 1 aromatic rings. The van der Waals surface area contributed by atoms with E-state index in [4.69, 9.17) is 5.73 Å². The van der Waals surface area contributed by atoms with E-state index in [1.165, 1.54) is 5.56 Å². The molecule has 0 aromatic heterocycles. The van der Waals surface area contributed by atoms with Crippen LogP contribution in [0.3, 0.4) is 0 Å². The lowest BCUT2D eigenvalue weighted by atomic mass is 9.92. The Morgan fingerprint density at radius 2 is 1.84 bits per heavy atom. The van der Waals surface area contributed by atoms with E-state index in [2.05, 4.69) is 33.4 Å². The highest BCUT2D eigenvalue weighted by molar-refractivity contribution is 9.10. The van der Waals surface area contributed by atoms with Crippen molar-refractivity contribution in [3.8, 4) is 0 Å². The van der Waals surface area contributed by atoms with Crippen molar-refractivity contribution in [2.75, 3.05) is 0 Å². The maximum Gasteiger partial charge on any atom is 0.240 e. The summed E-state index contributed by atoms with van der Waals surface area (Å²) in [6.45, 7) is 5.90. The SMILES string of the molecule is CCC(N)(CC)C(=O)NC(C)Cc1ccc(Br)cc1. The molecule has 0 spiro atoms. The van der Waals surface area contributed by atoms with Gasteiger partial charge in [0, 0.05) is 10.5 Å². The third-order valence-corrected chi connectivity index (χ3v) is 4.08. The second-order valence-corrected chi connectivity index (χ2v) is 5.98. The van der Waals surface area contributed by atoms with Gasteiger partial charge < -0.3 is 11.1 Å². The summed E-state index contributed by atoms with van der Waals surface area (Å²) < 4.78 is 1.06. The molecular weight excluding hydrogens is 304 g/mol. The standard InChI is InChI=1S/C15H23BrN2O/c1-4-15(17,5-2)14(19)18-11(3)10-12-6-8-13(16)9-7-12/h6-9,11H,4-5,10,17H2,1-3H3,(H,18,19). The highest BCUT2D eigenvalue weighted by Crippen LogP contribution is 2.14. The van der Waals surface area contributed by atoms with Crippen LogP contribution in [-0.4, -0.2) is 17.5 Å². The lowest BCUT2D eigenvalue weighted by Crippen LogP contribution is -2.55. The van der Waals surface area contributed by atoms with Crippen LogP contribution in [0, 0.1) is 0 Å². The summed E-state index contributed by atoms with van der Waals surface area (Å²) in [5.41, 5.74) is 6.54. The van der Waals surface area contributed by atoms with Crippen LogP contribution in [0.2, 0.25) is 0 Å². The highest BCUT2D eigenvalue weighted by atomic mass is 79.9. The molecule has 1 amide bonds. The van der Waals surface area contributed by atoms with Crippen molar-refractivity contribution in [3.05, 3.63) is 34.3 Å². The van der Waals surface area contributed by atoms with Gasteiger partial charge >= 0.3 is 0 Å². The molecule has 0 aliphatic heterocycles. The minimum absolute atomic E-state index is 0.0536. The normalized spacial score (nSPS) is 13.1. The van der Waals surface area contributed by atoms with Crippen LogP contribution in [0.4, 0.5) is 0 Å². The summed E-state index contributed by atoms with van der Waals surface area (Å²) >= 11 is 3.41. The first-order chi connectivity index (χ1) is 8.91. The van der Waals surface area contributed by atoms with Gasteiger partial charge in [0.25, 0.3) is 0 Å². The summed E-state index contributed by atoms with van der Waals surface area (Å²) in [6.07, 6.45) is 2.11. The molecule has 19 heavy (non-hydrogen) atoms. The van der Waals surface area contributed by atoms with Crippen molar-refractivity contribution in [2.24, 2.45) is 5.73 Å². The van der Waals surface area contributed by atoms with E-state index >= 15 is 0 Å². The van der Waals surface area contributed by atoms with Gasteiger partial charge in [0.15, 0.2) is 0 Å². The number of carbonyl (C=O) groups is 1. The Morgan fingerprint density at radius 3 is 2.32 bits per heavy atom. The van der Waals surface area contributed by atoms with Crippen LogP contribution >= 0.6 is 15.9 Å². The number of nitrogens with one attached hydrogen (secondary N) is 1. The second-order valence-electron chi connectivity index (χ2n) is 5.07. The number of rotatable bonds is 6. The van der Waals surface area contributed by atoms with Crippen molar-refractivity contribution >= 4 is 21.8 Å². The number of halogens is 1. The maximum atomic E-state index is 12.1. The Balaban J connectivity index is 2.58. The van der Waals surface area contributed by atoms with E-state index in [1.807, 2.05) is 32.9 Å².